The number of nitrogens with one attached hydrogen (secondary N) is 4. The van der Waals surface area contributed by atoms with E-state index >= 15 is 0 Å². The number of likely N-dealkylation sites (N-methyl/N-ethyl adjacent to an activating group) is 4. The largest absolute Gasteiger partial charge is 0.377 e. The van der Waals surface area contributed by atoms with E-state index in [0.29, 0.717) is 0 Å². The second-order valence-electron chi connectivity index (χ2n) is 6.85. The first-order chi connectivity index (χ1) is 16.4. The summed E-state index contributed by atoms with van der Waals surface area (Å²) < 4.78 is 33.2. The molecule has 1 aliphatic heterocycles. The zero-order chi connectivity index (χ0) is 25.3. The van der Waals surface area contributed by atoms with Gasteiger partial charge in [-0.05, 0) is 0 Å². The Balaban J connectivity index is 2.90. The molecule has 1 heterocycles. The molecule has 14 heteroatoms. The maximum Gasteiger partial charge on any atom is 0.252 e. The molecule has 34 heavy (non-hydrogen) atoms. The number of hydrogen-bond donors (Lipinski definition) is 4. The Labute approximate surface area is 198 Å². The van der Waals surface area contributed by atoms with Crippen LogP contribution < -0.4 is 21.3 Å². The number of hydrogen-bond acceptors (Lipinski definition) is 10. The molecule has 1 aliphatic rings. The Hall–Kier alpha value is -2.36. The first-order valence-corrected chi connectivity index (χ1v) is 10.9. The number of carbonyl (C=O) groups is 4. The van der Waals surface area contributed by atoms with Gasteiger partial charge in [0.2, 0.25) is 0 Å². The lowest BCUT2D eigenvalue weighted by Gasteiger charge is -2.26. The van der Waals surface area contributed by atoms with Gasteiger partial charge in [-0.25, -0.2) is 0 Å². The molecule has 4 amide bonds. The third kappa shape index (κ3) is 9.87. The molecule has 4 atom stereocenters. The fourth-order valence-corrected chi connectivity index (χ4v) is 2.91. The van der Waals surface area contributed by atoms with Gasteiger partial charge in [-0.1, -0.05) is 0 Å². The molecule has 196 valence electrons. The molecule has 0 unspecified atom stereocenters. The molecule has 0 radical (unpaired) electrons. The van der Waals surface area contributed by atoms with E-state index in [1.165, 1.54) is 28.2 Å². The third-order valence-corrected chi connectivity index (χ3v) is 4.67. The lowest BCUT2D eigenvalue weighted by molar-refractivity contribution is -0.164. The number of carbonyl (C=O) groups excluding carboxylic acids is 4. The Morgan fingerprint density at radius 2 is 0.647 bits per heavy atom. The van der Waals surface area contributed by atoms with Crippen LogP contribution in [0.2, 0.25) is 0 Å². The first-order valence-electron chi connectivity index (χ1n) is 10.9. The summed E-state index contributed by atoms with van der Waals surface area (Å²) in [6.45, 7) is 0.201. The highest BCUT2D eigenvalue weighted by Gasteiger charge is 2.36. The SMILES string of the molecule is CNC(=O)[C@H]1OCCOCCO[C@@H](C(=O)NC)[C@@H](C(=O)NC)OCCOCCO[C@H]1C(=O)NC. The maximum atomic E-state index is 12.3. The van der Waals surface area contributed by atoms with Gasteiger partial charge in [0.05, 0.1) is 52.9 Å². The van der Waals surface area contributed by atoms with Gasteiger partial charge in [0.1, 0.15) is 0 Å². The van der Waals surface area contributed by atoms with Crippen molar-refractivity contribution in [2.24, 2.45) is 0 Å². The highest BCUT2D eigenvalue weighted by molar-refractivity contribution is 5.91. The summed E-state index contributed by atoms with van der Waals surface area (Å²) in [6, 6.07) is 0. The van der Waals surface area contributed by atoms with Gasteiger partial charge in [0.25, 0.3) is 23.6 Å². The quantitative estimate of drug-likeness (QED) is 0.309. The van der Waals surface area contributed by atoms with Crippen molar-refractivity contribution in [1.82, 2.24) is 21.3 Å². The van der Waals surface area contributed by atoms with Gasteiger partial charge in [0, 0.05) is 28.2 Å². The smallest absolute Gasteiger partial charge is 0.252 e. The van der Waals surface area contributed by atoms with Crippen LogP contribution in [-0.2, 0) is 47.6 Å². The molecule has 4 N–H and O–H groups in total. The summed E-state index contributed by atoms with van der Waals surface area (Å²) in [5, 5.41) is 9.79. The van der Waals surface area contributed by atoms with Crippen molar-refractivity contribution >= 4 is 23.6 Å². The van der Waals surface area contributed by atoms with Gasteiger partial charge in [-0.15, -0.1) is 0 Å². The fourth-order valence-electron chi connectivity index (χ4n) is 2.91. The number of amides is 4. The highest BCUT2D eigenvalue weighted by Crippen LogP contribution is 2.09. The summed E-state index contributed by atoms with van der Waals surface area (Å²) in [6.07, 6.45) is -4.84. The fraction of sp³-hybridized carbons (Fsp3) is 0.800. The molecule has 1 saturated heterocycles. The topological polar surface area (TPSA) is 172 Å². The first kappa shape index (κ1) is 29.7. The van der Waals surface area contributed by atoms with Crippen LogP contribution in [0.1, 0.15) is 0 Å². The molecule has 0 spiro atoms. The molecule has 1 fully saturated rings. The van der Waals surface area contributed by atoms with E-state index in [4.69, 9.17) is 28.4 Å². The molecule has 0 aromatic heterocycles. The zero-order valence-electron chi connectivity index (χ0n) is 20.0. The van der Waals surface area contributed by atoms with E-state index in [9.17, 15) is 19.2 Å². The van der Waals surface area contributed by atoms with Crippen molar-refractivity contribution in [1.29, 1.82) is 0 Å². The van der Waals surface area contributed by atoms with E-state index in [1.54, 1.807) is 0 Å². The molecule has 0 aromatic rings. The molecular weight excluding hydrogens is 456 g/mol. The van der Waals surface area contributed by atoms with Gasteiger partial charge >= 0.3 is 0 Å². The van der Waals surface area contributed by atoms with E-state index < -0.39 is 48.0 Å². The summed E-state index contributed by atoms with van der Waals surface area (Å²) >= 11 is 0. The number of ether oxygens (including phenoxy) is 6. The Kier molecular flexibility index (Phi) is 14.9. The highest BCUT2D eigenvalue weighted by atomic mass is 16.6. The lowest BCUT2D eigenvalue weighted by atomic mass is 10.1. The third-order valence-electron chi connectivity index (χ3n) is 4.67. The van der Waals surface area contributed by atoms with Crippen molar-refractivity contribution in [3.8, 4) is 0 Å². The molecule has 0 aliphatic carbocycles. The predicted molar refractivity (Wildman–Crippen MR) is 117 cm³/mol. The maximum absolute atomic E-state index is 12.3. The average Bonchev–Trinajstić information content (AvgIpc) is 2.86. The van der Waals surface area contributed by atoms with Gasteiger partial charge in [0.15, 0.2) is 24.4 Å². The molecule has 0 aromatic carbocycles. The van der Waals surface area contributed by atoms with E-state index in [-0.39, 0.29) is 52.9 Å². The second-order valence-corrected chi connectivity index (χ2v) is 6.85. The standard InChI is InChI=1S/C20H36N4O10/c1-21-17(25)13-14(18(26)22-2)32-10-6-30-8-12-34-16(20(28)24-4)15(19(27)23-3)33-11-7-29-5-9-31-13/h13-16H,5-12H2,1-4H3,(H,21,25)(H,22,26)(H,23,27)(H,24,28)/t13-,14+,15+,16-. The van der Waals surface area contributed by atoms with Gasteiger partial charge < -0.3 is 49.7 Å². The van der Waals surface area contributed by atoms with Crippen molar-refractivity contribution in [2.75, 3.05) is 81.0 Å². The lowest BCUT2D eigenvalue weighted by Crippen LogP contribution is -2.52. The van der Waals surface area contributed by atoms with Crippen molar-refractivity contribution in [2.45, 2.75) is 24.4 Å². The van der Waals surface area contributed by atoms with Crippen molar-refractivity contribution in [3.63, 3.8) is 0 Å². The second kappa shape index (κ2) is 17.1. The van der Waals surface area contributed by atoms with E-state index in [0.717, 1.165) is 0 Å². The average molecular weight is 493 g/mol. The van der Waals surface area contributed by atoms with Crippen molar-refractivity contribution < 1.29 is 47.6 Å². The van der Waals surface area contributed by atoms with Crippen LogP contribution in [0.5, 0.6) is 0 Å². The molecule has 14 nitrogen and oxygen atoms in total. The monoisotopic (exact) mass is 492 g/mol. The Morgan fingerprint density at radius 1 is 0.441 bits per heavy atom. The van der Waals surface area contributed by atoms with Crippen LogP contribution >= 0.6 is 0 Å². The Bertz CT molecular complexity index is 545. The Morgan fingerprint density at radius 3 is 0.824 bits per heavy atom. The molecular formula is C20H36N4O10. The minimum atomic E-state index is -1.21. The van der Waals surface area contributed by atoms with Crippen molar-refractivity contribution in [3.05, 3.63) is 0 Å². The van der Waals surface area contributed by atoms with Crippen LogP contribution in [0.15, 0.2) is 0 Å². The number of rotatable bonds is 4. The summed E-state index contributed by atoms with van der Waals surface area (Å²) in [5.74, 6) is -2.13. The van der Waals surface area contributed by atoms with Gasteiger partial charge in [-0.2, -0.15) is 0 Å². The summed E-state index contributed by atoms with van der Waals surface area (Å²) in [5.41, 5.74) is 0. The minimum absolute atomic E-state index is 0.0196. The van der Waals surface area contributed by atoms with E-state index in [1.807, 2.05) is 0 Å². The van der Waals surface area contributed by atoms with Crippen LogP contribution in [0.4, 0.5) is 0 Å². The summed E-state index contributed by atoms with van der Waals surface area (Å²) in [7, 11) is 5.68. The van der Waals surface area contributed by atoms with Crippen LogP contribution in [0.25, 0.3) is 0 Å². The summed E-state index contributed by atoms with van der Waals surface area (Å²) in [4.78, 5) is 49.1. The van der Waals surface area contributed by atoms with Crippen LogP contribution in [0.3, 0.4) is 0 Å². The minimum Gasteiger partial charge on any atom is -0.377 e. The predicted octanol–water partition coefficient (Wildman–Crippen LogP) is -3.44. The normalized spacial score (nSPS) is 26.2. The molecule has 0 saturated carbocycles. The zero-order valence-corrected chi connectivity index (χ0v) is 20.0. The van der Waals surface area contributed by atoms with Crippen LogP contribution in [-0.4, -0.2) is 129 Å². The molecule has 1 rings (SSSR count). The van der Waals surface area contributed by atoms with E-state index in [2.05, 4.69) is 21.3 Å². The van der Waals surface area contributed by atoms with Crippen LogP contribution in [0, 0.1) is 0 Å². The molecule has 0 bridgehead atoms. The van der Waals surface area contributed by atoms with Gasteiger partial charge in [-0.3, -0.25) is 19.2 Å².